The molecule has 0 N–H and O–H groups in total. The SMILES string of the molecule is Cc1ccc(S)c2nsnc12. The quantitative estimate of drug-likeness (QED) is 0.632. The van der Waals surface area contributed by atoms with Crippen molar-refractivity contribution in [1.29, 1.82) is 0 Å². The minimum atomic E-state index is 0.902. The molecule has 0 saturated heterocycles. The fourth-order valence-corrected chi connectivity index (χ4v) is 1.89. The molecule has 1 heterocycles. The number of hydrogen-bond donors (Lipinski definition) is 1. The Balaban J connectivity index is 2.96. The summed E-state index contributed by atoms with van der Waals surface area (Å²) in [5.41, 5.74) is 3.05. The summed E-state index contributed by atoms with van der Waals surface area (Å²) in [4.78, 5) is 0.902. The number of nitrogens with zero attached hydrogens (tertiary/aromatic N) is 2. The zero-order valence-corrected chi connectivity index (χ0v) is 7.62. The Bertz CT molecular complexity index is 358. The van der Waals surface area contributed by atoms with Gasteiger partial charge in [-0.3, -0.25) is 0 Å². The highest BCUT2D eigenvalue weighted by Gasteiger charge is 2.03. The fourth-order valence-electron chi connectivity index (χ4n) is 0.977. The zero-order chi connectivity index (χ0) is 7.84. The van der Waals surface area contributed by atoms with Gasteiger partial charge in [-0.2, -0.15) is 8.75 Å². The summed E-state index contributed by atoms with van der Waals surface area (Å²) in [6.07, 6.45) is 0. The minimum Gasteiger partial charge on any atom is -0.173 e. The molecule has 2 nitrogen and oxygen atoms in total. The van der Waals surface area contributed by atoms with Crippen LogP contribution in [0.1, 0.15) is 5.56 Å². The van der Waals surface area contributed by atoms with Crippen molar-refractivity contribution in [3.8, 4) is 0 Å². The van der Waals surface area contributed by atoms with Crippen LogP contribution in [0.25, 0.3) is 11.0 Å². The lowest BCUT2D eigenvalue weighted by Crippen LogP contribution is -1.77. The van der Waals surface area contributed by atoms with Crippen molar-refractivity contribution in [3.05, 3.63) is 17.7 Å². The Morgan fingerprint density at radius 2 is 2.00 bits per heavy atom. The van der Waals surface area contributed by atoms with Crippen molar-refractivity contribution in [2.75, 3.05) is 0 Å². The molecule has 0 saturated carbocycles. The van der Waals surface area contributed by atoms with Crippen molar-refractivity contribution in [2.45, 2.75) is 11.8 Å². The van der Waals surface area contributed by atoms with E-state index in [0.29, 0.717) is 0 Å². The van der Waals surface area contributed by atoms with Gasteiger partial charge in [0.2, 0.25) is 0 Å². The van der Waals surface area contributed by atoms with Crippen LogP contribution in [0.3, 0.4) is 0 Å². The minimum absolute atomic E-state index is 0.902. The molecule has 0 radical (unpaired) electrons. The molecule has 1 aromatic carbocycles. The number of thiol groups is 1. The second-order valence-corrected chi connectivity index (χ2v) is 3.37. The average Bonchev–Trinajstić information content (AvgIpc) is 2.45. The highest BCUT2D eigenvalue weighted by molar-refractivity contribution is 7.80. The lowest BCUT2D eigenvalue weighted by atomic mass is 10.2. The number of aromatic nitrogens is 2. The lowest BCUT2D eigenvalue weighted by Gasteiger charge is -1.94. The van der Waals surface area contributed by atoms with E-state index < -0.39 is 0 Å². The molecule has 0 aliphatic carbocycles. The van der Waals surface area contributed by atoms with Gasteiger partial charge >= 0.3 is 0 Å². The Morgan fingerprint density at radius 1 is 1.27 bits per heavy atom. The van der Waals surface area contributed by atoms with E-state index in [1.54, 1.807) is 0 Å². The first-order valence-electron chi connectivity index (χ1n) is 3.20. The molecule has 0 aliphatic rings. The van der Waals surface area contributed by atoms with E-state index >= 15 is 0 Å². The Morgan fingerprint density at radius 3 is 2.73 bits per heavy atom. The molecule has 56 valence electrons. The predicted octanol–water partition coefficient (Wildman–Crippen LogP) is 2.29. The van der Waals surface area contributed by atoms with Gasteiger partial charge in [0.1, 0.15) is 11.0 Å². The van der Waals surface area contributed by atoms with Crippen LogP contribution in [-0.4, -0.2) is 8.75 Å². The van der Waals surface area contributed by atoms with Gasteiger partial charge in [0.25, 0.3) is 0 Å². The summed E-state index contributed by atoms with van der Waals surface area (Å²) >= 11 is 5.50. The molecule has 2 aromatic rings. The molecule has 0 spiro atoms. The van der Waals surface area contributed by atoms with Crippen molar-refractivity contribution in [3.63, 3.8) is 0 Å². The standard InChI is InChI=1S/C7H6N2S2/c1-4-2-3-5(10)7-6(4)8-11-9-7/h2-3,10H,1H3. The summed E-state index contributed by atoms with van der Waals surface area (Å²) in [6, 6.07) is 3.95. The molecule has 1 aromatic heterocycles. The number of aryl methyl sites for hydroxylation is 1. The normalized spacial score (nSPS) is 10.7. The maximum absolute atomic E-state index is 4.27. The van der Waals surface area contributed by atoms with Crippen LogP contribution < -0.4 is 0 Å². The molecule has 11 heavy (non-hydrogen) atoms. The molecule has 0 amide bonds. The molecule has 0 bridgehead atoms. The van der Waals surface area contributed by atoms with Gasteiger partial charge in [0.15, 0.2) is 0 Å². The lowest BCUT2D eigenvalue weighted by molar-refractivity contribution is 1.41. The third-order valence-corrected chi connectivity index (χ3v) is 2.49. The summed E-state index contributed by atoms with van der Waals surface area (Å²) in [6.45, 7) is 2.02. The monoisotopic (exact) mass is 182 g/mol. The van der Waals surface area contributed by atoms with Crippen LogP contribution in [-0.2, 0) is 0 Å². The van der Waals surface area contributed by atoms with E-state index in [0.717, 1.165) is 21.5 Å². The average molecular weight is 182 g/mol. The fraction of sp³-hybridized carbons (Fsp3) is 0.143. The van der Waals surface area contributed by atoms with Crippen molar-refractivity contribution in [2.24, 2.45) is 0 Å². The number of fused-ring (bicyclic) bond motifs is 1. The molecular weight excluding hydrogens is 176 g/mol. The zero-order valence-electron chi connectivity index (χ0n) is 5.90. The van der Waals surface area contributed by atoms with Crippen LogP contribution in [0, 0.1) is 6.92 Å². The number of hydrogen-bond acceptors (Lipinski definition) is 4. The third kappa shape index (κ3) is 1.02. The number of benzene rings is 1. The summed E-state index contributed by atoms with van der Waals surface area (Å²) in [5, 5.41) is 0. The first-order chi connectivity index (χ1) is 5.29. The summed E-state index contributed by atoms with van der Waals surface area (Å²) in [5.74, 6) is 0. The molecular formula is C7H6N2S2. The van der Waals surface area contributed by atoms with Crippen molar-refractivity contribution >= 4 is 35.4 Å². The molecule has 0 unspecified atom stereocenters. The van der Waals surface area contributed by atoms with Crippen molar-refractivity contribution < 1.29 is 0 Å². The van der Waals surface area contributed by atoms with Gasteiger partial charge in [-0.05, 0) is 18.6 Å². The molecule has 0 aliphatic heterocycles. The highest BCUT2D eigenvalue weighted by atomic mass is 32.1. The first-order valence-corrected chi connectivity index (χ1v) is 4.37. The molecule has 0 fully saturated rings. The highest BCUT2D eigenvalue weighted by Crippen LogP contribution is 2.22. The van der Waals surface area contributed by atoms with Crippen LogP contribution in [0.4, 0.5) is 0 Å². The summed E-state index contributed by atoms with van der Waals surface area (Å²) < 4.78 is 8.29. The predicted molar refractivity (Wildman–Crippen MR) is 49.4 cm³/mol. The van der Waals surface area contributed by atoms with Gasteiger partial charge < -0.3 is 0 Å². The maximum Gasteiger partial charge on any atom is 0.118 e. The van der Waals surface area contributed by atoms with Crippen molar-refractivity contribution in [1.82, 2.24) is 8.75 Å². The van der Waals surface area contributed by atoms with E-state index in [-0.39, 0.29) is 0 Å². The first kappa shape index (κ1) is 7.06. The Hall–Kier alpha value is -0.610. The molecule has 4 heteroatoms. The number of rotatable bonds is 0. The van der Waals surface area contributed by atoms with Crippen LogP contribution in [0.2, 0.25) is 0 Å². The third-order valence-electron chi connectivity index (χ3n) is 1.60. The van der Waals surface area contributed by atoms with E-state index in [1.165, 1.54) is 11.7 Å². The van der Waals surface area contributed by atoms with Crippen LogP contribution >= 0.6 is 24.4 Å². The Kier molecular flexibility index (Phi) is 1.58. The van der Waals surface area contributed by atoms with Gasteiger partial charge in [0, 0.05) is 4.90 Å². The van der Waals surface area contributed by atoms with Crippen LogP contribution in [0.5, 0.6) is 0 Å². The Labute approximate surface area is 74.0 Å². The van der Waals surface area contributed by atoms with Crippen LogP contribution in [0.15, 0.2) is 17.0 Å². The molecule has 2 rings (SSSR count). The largest absolute Gasteiger partial charge is 0.173 e. The second-order valence-electron chi connectivity index (χ2n) is 2.36. The second kappa shape index (κ2) is 2.46. The summed E-state index contributed by atoms with van der Waals surface area (Å²) in [7, 11) is 0. The van der Waals surface area contributed by atoms with Gasteiger partial charge in [0.05, 0.1) is 11.7 Å². The topological polar surface area (TPSA) is 25.8 Å². The van der Waals surface area contributed by atoms with E-state index in [1.807, 2.05) is 19.1 Å². The molecule has 0 atom stereocenters. The smallest absolute Gasteiger partial charge is 0.118 e. The van der Waals surface area contributed by atoms with E-state index in [4.69, 9.17) is 0 Å². The maximum atomic E-state index is 4.27. The van der Waals surface area contributed by atoms with Gasteiger partial charge in [-0.1, -0.05) is 6.07 Å². The van der Waals surface area contributed by atoms with Gasteiger partial charge in [-0.15, -0.1) is 12.6 Å². The van der Waals surface area contributed by atoms with E-state index in [9.17, 15) is 0 Å². The van der Waals surface area contributed by atoms with E-state index in [2.05, 4.69) is 21.4 Å². The van der Waals surface area contributed by atoms with Gasteiger partial charge in [-0.25, -0.2) is 0 Å².